The van der Waals surface area contributed by atoms with Crippen LogP contribution < -0.4 is 15.5 Å². The van der Waals surface area contributed by atoms with Crippen LogP contribution in [0.25, 0.3) is 0 Å². The molecule has 1 aromatic heterocycles. The lowest BCUT2D eigenvalue weighted by atomic mass is 10.0. The van der Waals surface area contributed by atoms with Gasteiger partial charge in [-0.05, 0) is 53.4 Å². The summed E-state index contributed by atoms with van der Waals surface area (Å²) in [5.74, 6) is 0.0923. The second-order valence-corrected chi connectivity index (χ2v) is 7.20. The maximum atomic E-state index is 12.1. The zero-order valence-corrected chi connectivity index (χ0v) is 15.3. The summed E-state index contributed by atoms with van der Waals surface area (Å²) in [6.45, 7) is 1.13. The normalized spacial score (nSPS) is 15.1. The number of benzene rings is 1. The van der Waals surface area contributed by atoms with E-state index in [4.69, 9.17) is 0 Å². The summed E-state index contributed by atoms with van der Waals surface area (Å²) in [6, 6.07) is 8.99. The average molecular weight is 373 g/mol. The Kier molecular flexibility index (Phi) is 6.25. The summed E-state index contributed by atoms with van der Waals surface area (Å²) in [4.78, 5) is 25.7. The first-order chi connectivity index (χ1) is 12.7. The van der Waals surface area contributed by atoms with Crippen LogP contribution in [0, 0.1) is 5.92 Å². The zero-order chi connectivity index (χ0) is 18.4. The molecule has 3 amide bonds. The molecule has 1 atom stereocenters. The van der Waals surface area contributed by atoms with Gasteiger partial charge in [0.05, 0.1) is 0 Å². The van der Waals surface area contributed by atoms with Crippen molar-refractivity contribution in [2.75, 3.05) is 29.9 Å². The third-order valence-corrected chi connectivity index (χ3v) is 5.14. The van der Waals surface area contributed by atoms with Crippen molar-refractivity contribution >= 4 is 34.6 Å². The number of thiophene rings is 1. The van der Waals surface area contributed by atoms with Crippen LogP contribution >= 0.6 is 11.3 Å². The van der Waals surface area contributed by atoms with E-state index in [2.05, 4.69) is 10.6 Å². The van der Waals surface area contributed by atoms with Gasteiger partial charge in [0, 0.05) is 43.4 Å². The molecule has 2 aromatic rings. The predicted molar refractivity (Wildman–Crippen MR) is 104 cm³/mol. The number of hydrogen-bond acceptors (Lipinski definition) is 4. The minimum Gasteiger partial charge on any atom is -0.396 e. The number of anilines is 2. The molecular weight excluding hydrogens is 350 g/mol. The van der Waals surface area contributed by atoms with E-state index < -0.39 is 0 Å². The van der Waals surface area contributed by atoms with E-state index in [0.717, 1.165) is 25.1 Å². The lowest BCUT2D eigenvalue weighted by molar-refractivity contribution is -0.117. The Labute approximate surface area is 156 Å². The van der Waals surface area contributed by atoms with Gasteiger partial charge in [-0.1, -0.05) is 6.07 Å². The first-order valence-electron chi connectivity index (χ1n) is 8.73. The van der Waals surface area contributed by atoms with Crippen molar-refractivity contribution in [2.45, 2.75) is 19.3 Å². The quantitative estimate of drug-likeness (QED) is 0.698. The molecular formula is C19H23N3O3S. The maximum absolute atomic E-state index is 12.1. The maximum Gasteiger partial charge on any atom is 0.319 e. The Morgan fingerprint density at radius 2 is 2.23 bits per heavy atom. The van der Waals surface area contributed by atoms with Gasteiger partial charge in [0.15, 0.2) is 0 Å². The molecule has 7 heteroatoms. The molecule has 0 saturated carbocycles. The van der Waals surface area contributed by atoms with Gasteiger partial charge in [-0.3, -0.25) is 4.79 Å². The number of rotatable bonds is 7. The Morgan fingerprint density at radius 3 is 2.92 bits per heavy atom. The van der Waals surface area contributed by atoms with Gasteiger partial charge in [-0.15, -0.1) is 0 Å². The fourth-order valence-electron chi connectivity index (χ4n) is 3.03. The van der Waals surface area contributed by atoms with Gasteiger partial charge in [0.2, 0.25) is 5.91 Å². The molecule has 0 radical (unpaired) electrons. The van der Waals surface area contributed by atoms with E-state index >= 15 is 0 Å². The number of carbonyl (C=O) groups excluding carboxylic acids is 2. The van der Waals surface area contributed by atoms with Crippen LogP contribution in [0.3, 0.4) is 0 Å². The topological polar surface area (TPSA) is 81.7 Å². The molecule has 6 nitrogen and oxygen atoms in total. The lowest BCUT2D eigenvalue weighted by Crippen LogP contribution is -2.35. The van der Waals surface area contributed by atoms with Crippen LogP contribution in [0.15, 0.2) is 41.1 Å². The number of urea groups is 1. The van der Waals surface area contributed by atoms with Crippen LogP contribution in [0.5, 0.6) is 0 Å². The van der Waals surface area contributed by atoms with Crippen LogP contribution in [0.2, 0.25) is 0 Å². The molecule has 0 aliphatic carbocycles. The number of nitrogens with zero attached hydrogens (tertiary/aromatic N) is 1. The number of aliphatic hydroxyl groups excluding tert-OH is 1. The van der Waals surface area contributed by atoms with Crippen molar-refractivity contribution in [1.82, 2.24) is 5.32 Å². The monoisotopic (exact) mass is 373 g/mol. The highest BCUT2D eigenvalue weighted by Gasteiger charge is 2.21. The molecule has 1 saturated heterocycles. The summed E-state index contributed by atoms with van der Waals surface area (Å²) < 4.78 is 0. The van der Waals surface area contributed by atoms with Crippen LogP contribution in [0.1, 0.15) is 18.4 Å². The SMILES string of the molecule is O=C(NCC(CO)Cc1ccsc1)Nc1cccc(N2CCCC2=O)c1. The average Bonchev–Trinajstić information content (AvgIpc) is 3.30. The highest BCUT2D eigenvalue weighted by Crippen LogP contribution is 2.24. The third-order valence-electron chi connectivity index (χ3n) is 4.40. The van der Waals surface area contributed by atoms with Gasteiger partial charge in [0.1, 0.15) is 0 Å². The first-order valence-corrected chi connectivity index (χ1v) is 9.67. The number of carbonyl (C=O) groups is 2. The Balaban J connectivity index is 1.52. The van der Waals surface area contributed by atoms with Crippen molar-refractivity contribution in [2.24, 2.45) is 5.92 Å². The molecule has 3 rings (SSSR count). The second-order valence-electron chi connectivity index (χ2n) is 6.42. The van der Waals surface area contributed by atoms with Crippen LogP contribution in [-0.4, -0.2) is 36.7 Å². The van der Waals surface area contributed by atoms with Gasteiger partial charge >= 0.3 is 6.03 Å². The van der Waals surface area contributed by atoms with Gasteiger partial charge in [-0.2, -0.15) is 11.3 Å². The third kappa shape index (κ3) is 4.83. The summed E-state index contributed by atoms with van der Waals surface area (Å²) in [5, 5.41) is 19.2. The second kappa shape index (κ2) is 8.82. The molecule has 1 aliphatic rings. The lowest BCUT2D eigenvalue weighted by Gasteiger charge is -2.17. The molecule has 1 aliphatic heterocycles. The Bertz CT molecular complexity index is 748. The smallest absolute Gasteiger partial charge is 0.319 e. The zero-order valence-electron chi connectivity index (χ0n) is 14.5. The number of amides is 3. The molecule has 3 N–H and O–H groups in total. The van der Waals surface area contributed by atoms with Crippen molar-refractivity contribution in [3.63, 3.8) is 0 Å². The molecule has 0 bridgehead atoms. The van der Waals surface area contributed by atoms with Crippen molar-refractivity contribution in [3.05, 3.63) is 46.7 Å². The molecule has 1 unspecified atom stereocenters. The molecule has 1 aromatic carbocycles. The fourth-order valence-corrected chi connectivity index (χ4v) is 3.71. The van der Waals surface area contributed by atoms with E-state index in [0.29, 0.717) is 18.7 Å². The van der Waals surface area contributed by atoms with Gasteiger partial charge in [0.25, 0.3) is 0 Å². The van der Waals surface area contributed by atoms with E-state index in [-0.39, 0.29) is 24.5 Å². The Morgan fingerprint density at radius 1 is 1.35 bits per heavy atom. The largest absolute Gasteiger partial charge is 0.396 e. The van der Waals surface area contributed by atoms with Crippen LogP contribution in [-0.2, 0) is 11.2 Å². The van der Waals surface area contributed by atoms with Crippen molar-refractivity contribution < 1.29 is 14.7 Å². The Hall–Kier alpha value is -2.38. The van der Waals surface area contributed by atoms with Gasteiger partial charge < -0.3 is 20.6 Å². The molecule has 26 heavy (non-hydrogen) atoms. The van der Waals surface area contributed by atoms with Crippen LogP contribution in [0.4, 0.5) is 16.2 Å². The standard InChI is InChI=1S/C19H23N3O3S/c23-12-15(9-14-6-8-26-13-14)11-20-19(25)21-16-3-1-4-17(10-16)22-7-2-5-18(22)24/h1,3-4,6,8,10,13,15,23H,2,5,7,9,11-12H2,(H2,20,21,25). The van der Waals surface area contributed by atoms with E-state index in [1.807, 2.05) is 29.0 Å². The molecule has 2 heterocycles. The predicted octanol–water partition coefficient (Wildman–Crippen LogP) is 2.85. The number of hydrogen-bond donors (Lipinski definition) is 3. The summed E-state index contributed by atoms with van der Waals surface area (Å²) in [6.07, 6.45) is 2.17. The number of nitrogens with one attached hydrogen (secondary N) is 2. The molecule has 1 fully saturated rings. The van der Waals surface area contributed by atoms with Gasteiger partial charge in [-0.25, -0.2) is 4.79 Å². The highest BCUT2D eigenvalue weighted by molar-refractivity contribution is 7.07. The summed E-state index contributed by atoms with van der Waals surface area (Å²) in [7, 11) is 0. The highest BCUT2D eigenvalue weighted by atomic mass is 32.1. The summed E-state index contributed by atoms with van der Waals surface area (Å²) >= 11 is 1.62. The number of aliphatic hydroxyl groups is 1. The minimum atomic E-state index is -0.321. The van der Waals surface area contributed by atoms with E-state index in [1.165, 1.54) is 5.56 Å². The van der Waals surface area contributed by atoms with E-state index in [1.54, 1.807) is 28.4 Å². The molecule has 138 valence electrons. The van der Waals surface area contributed by atoms with E-state index in [9.17, 15) is 14.7 Å². The minimum absolute atomic E-state index is 0.0166. The first kappa shape index (κ1) is 18.4. The molecule has 0 spiro atoms. The van der Waals surface area contributed by atoms with Crippen molar-refractivity contribution in [1.29, 1.82) is 0 Å². The van der Waals surface area contributed by atoms with Crippen molar-refractivity contribution in [3.8, 4) is 0 Å². The summed E-state index contributed by atoms with van der Waals surface area (Å²) in [5.41, 5.74) is 2.60. The fraction of sp³-hybridized carbons (Fsp3) is 0.368.